The molecule has 14 heteroatoms. The number of nitriles is 1. The number of rotatable bonds is 18. The van der Waals surface area contributed by atoms with E-state index in [4.69, 9.17) is 35.0 Å². The van der Waals surface area contributed by atoms with Crippen LogP contribution in [0.2, 0.25) is 0 Å². The van der Waals surface area contributed by atoms with Gasteiger partial charge in [-0.15, -0.1) is 0 Å². The summed E-state index contributed by atoms with van der Waals surface area (Å²) in [5.41, 5.74) is 1.20. The van der Waals surface area contributed by atoms with Gasteiger partial charge in [-0.2, -0.15) is 0 Å². The van der Waals surface area contributed by atoms with Crippen molar-refractivity contribution in [3.05, 3.63) is 57.3 Å². The van der Waals surface area contributed by atoms with Crippen LogP contribution in [0.5, 0.6) is 11.5 Å². The normalized spacial score (nSPS) is 12.5. The van der Waals surface area contributed by atoms with Crippen LogP contribution in [0.1, 0.15) is 45.1 Å². The zero-order valence-corrected chi connectivity index (χ0v) is 27.0. The molecule has 1 aromatic carbocycles. The molecule has 2 rings (SSSR count). The molecule has 0 bridgehead atoms. The lowest BCUT2D eigenvalue weighted by Gasteiger charge is -2.16. The maximum Gasteiger partial charge on any atom is 0.333 e. The van der Waals surface area contributed by atoms with E-state index in [-0.39, 0.29) is 69.3 Å². The van der Waals surface area contributed by atoms with Crippen molar-refractivity contribution in [1.29, 1.82) is 5.26 Å². The second-order valence-corrected chi connectivity index (χ2v) is 11.7. The predicted molar refractivity (Wildman–Crippen MR) is 165 cm³/mol. The third-order valence-electron chi connectivity index (χ3n) is 5.55. The number of hydrogen-bond acceptors (Lipinski definition) is 13. The summed E-state index contributed by atoms with van der Waals surface area (Å²) in [7, 11) is 0. The number of benzene rings is 1. The number of hydrogen-bond donors (Lipinski definition) is 0. The van der Waals surface area contributed by atoms with Crippen LogP contribution >= 0.6 is 23.5 Å². The first-order valence-corrected chi connectivity index (χ1v) is 15.4. The highest BCUT2D eigenvalue weighted by atomic mass is 32.2. The Bertz CT molecular complexity index is 1420. The molecule has 0 atom stereocenters. The monoisotopic (exact) mass is 658 g/mol. The lowest BCUT2D eigenvalue weighted by atomic mass is 10.2. The molecule has 0 amide bonds. The number of carbonyl (C=O) groups excluding carboxylic acids is 4. The largest absolute Gasteiger partial charge is 0.492 e. The van der Waals surface area contributed by atoms with Gasteiger partial charge in [0.1, 0.15) is 37.9 Å². The minimum Gasteiger partial charge on any atom is -0.492 e. The fraction of sp³-hybridized carbons (Fsp3) is 0.419. The van der Waals surface area contributed by atoms with Gasteiger partial charge in [-0.3, -0.25) is 9.59 Å². The predicted octanol–water partition coefficient (Wildman–Crippen LogP) is 5.45. The number of carbonyl (C=O) groups is 4. The van der Waals surface area contributed by atoms with Gasteiger partial charge >= 0.3 is 23.9 Å². The first-order chi connectivity index (χ1) is 21.5. The van der Waals surface area contributed by atoms with E-state index in [0.29, 0.717) is 38.4 Å². The Morgan fingerprint density at radius 1 is 0.822 bits per heavy atom. The smallest absolute Gasteiger partial charge is 0.333 e. The molecule has 0 unspecified atom stereocenters. The molecular weight excluding hydrogens is 624 g/mol. The highest BCUT2D eigenvalue weighted by Crippen LogP contribution is 2.59. The molecule has 0 spiro atoms. The van der Waals surface area contributed by atoms with Crippen LogP contribution < -0.4 is 9.47 Å². The summed E-state index contributed by atoms with van der Waals surface area (Å²) >= 11 is 2.47. The maximum absolute atomic E-state index is 12.0. The van der Waals surface area contributed by atoms with E-state index >= 15 is 0 Å². The Hall–Kier alpha value is -4.40. The fourth-order valence-electron chi connectivity index (χ4n) is 3.38. The number of thioether (sulfide) groups is 2. The Labute approximate surface area is 270 Å². The van der Waals surface area contributed by atoms with Gasteiger partial charge in [0.2, 0.25) is 0 Å². The molecule has 1 aliphatic heterocycles. The molecule has 240 valence electrons. The van der Waals surface area contributed by atoms with Crippen molar-refractivity contribution in [2.75, 3.05) is 39.6 Å². The number of aryl methyl sites for hydroxylation is 1. The van der Waals surface area contributed by atoms with E-state index in [1.54, 1.807) is 6.07 Å². The Kier molecular flexibility index (Phi) is 15.6. The average Bonchev–Trinajstić information content (AvgIpc) is 3.44. The molecule has 45 heavy (non-hydrogen) atoms. The molecular formula is C31H34N2O10S2. The quantitative estimate of drug-likeness (QED) is 0.0491. The van der Waals surface area contributed by atoms with Crippen molar-refractivity contribution < 1.29 is 47.6 Å². The molecule has 0 saturated heterocycles. The maximum atomic E-state index is 12.0. The van der Waals surface area contributed by atoms with E-state index in [2.05, 4.69) is 18.0 Å². The fourth-order valence-corrected chi connectivity index (χ4v) is 5.95. The van der Waals surface area contributed by atoms with Crippen LogP contribution in [0, 0.1) is 24.8 Å². The molecule has 1 aliphatic rings. The molecule has 12 nitrogen and oxygen atoms in total. The number of allylic oxidation sites excluding steroid dienone is 1. The highest BCUT2D eigenvalue weighted by molar-refractivity contribution is 8.24. The third kappa shape index (κ3) is 12.3. The highest BCUT2D eigenvalue weighted by Gasteiger charge is 2.30. The van der Waals surface area contributed by atoms with Gasteiger partial charge in [0.15, 0.2) is 0 Å². The van der Waals surface area contributed by atoms with Crippen molar-refractivity contribution >= 4 is 47.4 Å². The Morgan fingerprint density at radius 2 is 1.31 bits per heavy atom. The van der Waals surface area contributed by atoms with Crippen molar-refractivity contribution in [3.8, 4) is 17.6 Å². The minimum absolute atomic E-state index is 0.0518. The molecule has 0 fully saturated rings. The summed E-state index contributed by atoms with van der Waals surface area (Å²) in [5, 5.41) is 9.41. The van der Waals surface area contributed by atoms with Gasteiger partial charge in [-0.1, -0.05) is 36.7 Å². The zero-order chi connectivity index (χ0) is 33.4. The summed E-state index contributed by atoms with van der Waals surface area (Å²) in [6.45, 7) is 19.3. The molecule has 0 saturated carbocycles. The standard InChI is InChI=1S/C31H34N2O10S2/c1-19(2)29(36)42-15-13-39-24(34)9-7-11-38-23-17-21(5)26(28-27(23)44-31(45-28)22(18-32)33-6)41-12-8-10-25(35)40-14-16-43-30(37)20(3)4/h17H,1,3,7-16H2,2,4-5H3/b31-22+. The van der Waals surface area contributed by atoms with Crippen LogP contribution in [0.25, 0.3) is 4.85 Å². The molecule has 0 N–H and O–H groups in total. The summed E-state index contributed by atoms with van der Waals surface area (Å²) in [6.07, 6.45) is 0.884. The number of fused-ring (bicyclic) bond motifs is 1. The molecule has 0 aromatic heterocycles. The lowest BCUT2D eigenvalue weighted by Crippen LogP contribution is -2.14. The molecule has 0 radical (unpaired) electrons. The average molecular weight is 659 g/mol. The number of ether oxygens (including phenoxy) is 6. The van der Waals surface area contributed by atoms with Crippen molar-refractivity contribution in [2.45, 2.75) is 56.2 Å². The van der Waals surface area contributed by atoms with Gasteiger partial charge in [0.25, 0.3) is 5.70 Å². The van der Waals surface area contributed by atoms with Crippen LogP contribution in [0.3, 0.4) is 0 Å². The molecule has 1 aromatic rings. The van der Waals surface area contributed by atoms with Gasteiger partial charge in [0, 0.05) is 24.0 Å². The molecule has 1 heterocycles. The van der Waals surface area contributed by atoms with Gasteiger partial charge in [-0.05, 0) is 45.2 Å². The van der Waals surface area contributed by atoms with Crippen LogP contribution in [0.4, 0.5) is 0 Å². The van der Waals surface area contributed by atoms with Crippen LogP contribution in [-0.2, 0) is 38.1 Å². The van der Waals surface area contributed by atoms with E-state index in [9.17, 15) is 24.4 Å². The topological polar surface area (TPSA) is 152 Å². The van der Waals surface area contributed by atoms with Gasteiger partial charge < -0.3 is 28.4 Å². The van der Waals surface area contributed by atoms with Gasteiger partial charge in [-0.25, -0.2) is 19.7 Å². The number of esters is 4. The molecule has 0 aliphatic carbocycles. The summed E-state index contributed by atoms with van der Waals surface area (Å²) in [6, 6.07) is 3.69. The summed E-state index contributed by atoms with van der Waals surface area (Å²) in [4.78, 5) is 51.4. The van der Waals surface area contributed by atoms with E-state index in [0.717, 1.165) is 5.56 Å². The first kappa shape index (κ1) is 36.8. The summed E-state index contributed by atoms with van der Waals surface area (Å²) < 4.78 is 32.4. The second kappa shape index (κ2) is 19.1. The third-order valence-corrected chi connectivity index (χ3v) is 8.14. The summed E-state index contributed by atoms with van der Waals surface area (Å²) in [5.74, 6) is -0.970. The Balaban J connectivity index is 1.93. The minimum atomic E-state index is -0.553. The SMILES string of the molecule is [C-]#[N+]/C(C#N)=C1\Sc2c(OCCCC(=O)OCCOC(=O)C(=C)C)cc(C)c(OCCCC(=O)OCCOC(=O)C(=C)C)c2S1. The Morgan fingerprint density at radius 3 is 1.80 bits per heavy atom. The lowest BCUT2D eigenvalue weighted by molar-refractivity contribution is -0.150. The zero-order valence-electron chi connectivity index (χ0n) is 25.4. The first-order valence-electron chi connectivity index (χ1n) is 13.8. The second-order valence-electron chi connectivity index (χ2n) is 9.42. The van der Waals surface area contributed by atoms with Crippen molar-refractivity contribution in [1.82, 2.24) is 0 Å². The van der Waals surface area contributed by atoms with Crippen molar-refractivity contribution in [2.24, 2.45) is 0 Å². The van der Waals surface area contributed by atoms with Crippen LogP contribution in [0.15, 0.2) is 50.1 Å². The number of nitrogens with zero attached hydrogens (tertiary/aromatic N) is 2. The van der Waals surface area contributed by atoms with Gasteiger partial charge in [0.05, 0.1) is 39.9 Å². The van der Waals surface area contributed by atoms with Crippen LogP contribution in [-0.4, -0.2) is 63.5 Å². The van der Waals surface area contributed by atoms with E-state index < -0.39 is 23.9 Å². The van der Waals surface area contributed by atoms with Crippen molar-refractivity contribution in [3.63, 3.8) is 0 Å². The van der Waals surface area contributed by atoms with E-state index in [1.165, 1.54) is 37.4 Å². The van der Waals surface area contributed by atoms with E-state index in [1.807, 2.05) is 13.0 Å².